The lowest BCUT2D eigenvalue weighted by Crippen LogP contribution is -2.48. The molecule has 0 N–H and O–H groups in total. The Kier molecular flexibility index (Phi) is 4.31. The zero-order valence-corrected chi connectivity index (χ0v) is 13.4. The summed E-state index contributed by atoms with van der Waals surface area (Å²) >= 11 is 0. The van der Waals surface area contributed by atoms with E-state index in [1.165, 1.54) is 12.8 Å². The van der Waals surface area contributed by atoms with E-state index < -0.39 is 0 Å². The van der Waals surface area contributed by atoms with Gasteiger partial charge in [-0.2, -0.15) is 4.98 Å². The Balaban J connectivity index is 1.33. The lowest BCUT2D eigenvalue weighted by Gasteiger charge is -2.35. The van der Waals surface area contributed by atoms with Crippen LogP contribution in [-0.2, 0) is 16.1 Å². The monoisotopic (exact) mass is 320 g/mol. The summed E-state index contributed by atoms with van der Waals surface area (Å²) < 4.78 is 10.7. The molecule has 0 spiro atoms. The Morgan fingerprint density at radius 2 is 2.00 bits per heavy atom. The molecule has 23 heavy (non-hydrogen) atoms. The predicted molar refractivity (Wildman–Crippen MR) is 81.7 cm³/mol. The molecule has 4 rings (SSSR count). The van der Waals surface area contributed by atoms with Gasteiger partial charge in [0.25, 0.3) is 0 Å². The van der Waals surface area contributed by atoms with Crippen LogP contribution in [0.4, 0.5) is 0 Å². The summed E-state index contributed by atoms with van der Waals surface area (Å²) in [7, 11) is 0. The molecule has 126 valence electrons. The highest BCUT2D eigenvalue weighted by Crippen LogP contribution is 2.38. The van der Waals surface area contributed by atoms with Crippen LogP contribution in [0.25, 0.3) is 0 Å². The summed E-state index contributed by atoms with van der Waals surface area (Å²) in [4.78, 5) is 21.4. The average Bonchev–Trinajstić information content (AvgIpc) is 3.35. The molecule has 2 aliphatic heterocycles. The third kappa shape index (κ3) is 3.55. The highest BCUT2D eigenvalue weighted by Gasteiger charge is 2.32. The third-order valence-electron chi connectivity index (χ3n) is 4.96. The minimum atomic E-state index is 0.0904. The zero-order chi connectivity index (χ0) is 15.6. The standard InChI is InChI=1S/C16H24N4O3/c21-16(20-6-8-22-9-7-20)13-2-1-5-19(10-13)11-14-17-15(18-23-14)12-3-4-12/h12-13H,1-11H2/t13-/m1/s1. The van der Waals surface area contributed by atoms with E-state index in [2.05, 4.69) is 15.0 Å². The summed E-state index contributed by atoms with van der Waals surface area (Å²) in [6, 6.07) is 0. The summed E-state index contributed by atoms with van der Waals surface area (Å²) in [6.45, 7) is 5.22. The molecule has 2 saturated heterocycles. The van der Waals surface area contributed by atoms with Crippen molar-refractivity contribution >= 4 is 5.91 Å². The van der Waals surface area contributed by atoms with Crippen molar-refractivity contribution in [1.29, 1.82) is 0 Å². The fourth-order valence-corrected chi connectivity index (χ4v) is 3.47. The fraction of sp³-hybridized carbons (Fsp3) is 0.812. The maximum atomic E-state index is 12.6. The predicted octanol–water partition coefficient (Wildman–Crippen LogP) is 1.02. The molecule has 0 aromatic carbocycles. The number of piperidine rings is 1. The molecule has 1 atom stereocenters. The number of likely N-dealkylation sites (tertiary alicyclic amines) is 1. The third-order valence-corrected chi connectivity index (χ3v) is 4.96. The average molecular weight is 320 g/mol. The molecule has 0 radical (unpaired) electrons. The van der Waals surface area contributed by atoms with Crippen LogP contribution in [0, 0.1) is 5.92 Å². The van der Waals surface area contributed by atoms with Gasteiger partial charge >= 0.3 is 0 Å². The van der Waals surface area contributed by atoms with Gasteiger partial charge in [0.05, 0.1) is 25.7 Å². The molecule has 0 unspecified atom stereocenters. The Labute approximate surface area is 136 Å². The van der Waals surface area contributed by atoms with E-state index in [0.29, 0.717) is 31.6 Å². The first-order valence-electron chi connectivity index (χ1n) is 8.71. The van der Waals surface area contributed by atoms with Crippen molar-refractivity contribution in [2.24, 2.45) is 5.92 Å². The lowest BCUT2D eigenvalue weighted by atomic mass is 9.96. The van der Waals surface area contributed by atoms with E-state index in [9.17, 15) is 4.79 Å². The highest BCUT2D eigenvalue weighted by molar-refractivity contribution is 5.79. The maximum Gasteiger partial charge on any atom is 0.240 e. The van der Waals surface area contributed by atoms with Gasteiger partial charge in [-0.25, -0.2) is 0 Å². The Morgan fingerprint density at radius 3 is 2.78 bits per heavy atom. The van der Waals surface area contributed by atoms with Crippen molar-refractivity contribution < 1.29 is 14.1 Å². The van der Waals surface area contributed by atoms with Gasteiger partial charge in [-0.1, -0.05) is 5.16 Å². The van der Waals surface area contributed by atoms with Crippen molar-refractivity contribution in [1.82, 2.24) is 19.9 Å². The zero-order valence-electron chi connectivity index (χ0n) is 13.4. The number of amides is 1. The maximum absolute atomic E-state index is 12.6. The molecule has 1 aromatic heterocycles. The second-order valence-electron chi connectivity index (χ2n) is 6.83. The normalized spacial score (nSPS) is 26.4. The number of hydrogen-bond donors (Lipinski definition) is 0. The van der Waals surface area contributed by atoms with Crippen LogP contribution >= 0.6 is 0 Å². The van der Waals surface area contributed by atoms with Crippen LogP contribution in [0.2, 0.25) is 0 Å². The minimum absolute atomic E-state index is 0.0904. The second kappa shape index (κ2) is 6.57. The number of morpholine rings is 1. The van der Waals surface area contributed by atoms with Crippen molar-refractivity contribution in [2.75, 3.05) is 39.4 Å². The molecular weight excluding hydrogens is 296 g/mol. The molecule has 3 aliphatic rings. The van der Waals surface area contributed by atoms with Crippen LogP contribution < -0.4 is 0 Å². The molecule has 1 saturated carbocycles. The summed E-state index contributed by atoms with van der Waals surface area (Å²) in [5.74, 6) is 2.43. The Bertz CT molecular complexity index is 551. The van der Waals surface area contributed by atoms with E-state index in [1.807, 2.05) is 4.90 Å². The van der Waals surface area contributed by atoms with Gasteiger partial charge in [0.1, 0.15) is 0 Å². The molecule has 7 nitrogen and oxygen atoms in total. The minimum Gasteiger partial charge on any atom is -0.378 e. The second-order valence-corrected chi connectivity index (χ2v) is 6.83. The van der Waals surface area contributed by atoms with Crippen molar-refractivity contribution in [2.45, 2.75) is 38.1 Å². The van der Waals surface area contributed by atoms with Gasteiger partial charge < -0.3 is 14.2 Å². The number of nitrogens with zero attached hydrogens (tertiary/aromatic N) is 4. The first-order valence-corrected chi connectivity index (χ1v) is 8.71. The first-order chi connectivity index (χ1) is 11.3. The van der Waals surface area contributed by atoms with Crippen molar-refractivity contribution in [3.05, 3.63) is 11.7 Å². The van der Waals surface area contributed by atoms with Crippen LogP contribution in [-0.4, -0.2) is 65.2 Å². The SMILES string of the molecule is O=C([C@@H]1CCCN(Cc2nc(C3CC3)no2)C1)N1CCOCC1. The van der Waals surface area contributed by atoms with Gasteiger partial charge in [-0.15, -0.1) is 0 Å². The molecule has 1 aliphatic carbocycles. The van der Waals surface area contributed by atoms with Gasteiger partial charge in [0, 0.05) is 25.6 Å². The summed E-state index contributed by atoms with van der Waals surface area (Å²) in [5, 5.41) is 4.07. The molecular formula is C16H24N4O3. The number of rotatable bonds is 4. The van der Waals surface area contributed by atoms with Crippen LogP contribution in [0.5, 0.6) is 0 Å². The van der Waals surface area contributed by atoms with Crippen LogP contribution in [0.1, 0.15) is 43.3 Å². The van der Waals surface area contributed by atoms with E-state index in [1.54, 1.807) is 0 Å². The van der Waals surface area contributed by atoms with E-state index >= 15 is 0 Å². The molecule has 1 aromatic rings. The number of aromatic nitrogens is 2. The number of carbonyl (C=O) groups is 1. The fourth-order valence-electron chi connectivity index (χ4n) is 3.47. The molecule has 0 bridgehead atoms. The Hall–Kier alpha value is -1.47. The van der Waals surface area contributed by atoms with Crippen molar-refractivity contribution in [3.63, 3.8) is 0 Å². The Morgan fingerprint density at radius 1 is 1.17 bits per heavy atom. The van der Waals surface area contributed by atoms with Crippen LogP contribution in [0.15, 0.2) is 4.52 Å². The van der Waals surface area contributed by atoms with Gasteiger partial charge in [0.2, 0.25) is 11.8 Å². The van der Waals surface area contributed by atoms with Gasteiger partial charge in [-0.05, 0) is 32.2 Å². The summed E-state index contributed by atoms with van der Waals surface area (Å²) in [5.41, 5.74) is 0. The molecule has 7 heteroatoms. The number of ether oxygens (including phenoxy) is 1. The molecule has 1 amide bonds. The number of hydrogen-bond acceptors (Lipinski definition) is 6. The van der Waals surface area contributed by atoms with E-state index in [0.717, 1.165) is 44.8 Å². The quantitative estimate of drug-likeness (QED) is 0.825. The van der Waals surface area contributed by atoms with Crippen molar-refractivity contribution in [3.8, 4) is 0 Å². The van der Waals surface area contributed by atoms with E-state index in [-0.39, 0.29) is 11.8 Å². The smallest absolute Gasteiger partial charge is 0.240 e. The number of carbonyl (C=O) groups excluding carboxylic acids is 1. The van der Waals surface area contributed by atoms with Gasteiger partial charge in [0.15, 0.2) is 5.82 Å². The first kappa shape index (κ1) is 15.1. The van der Waals surface area contributed by atoms with E-state index in [4.69, 9.17) is 9.26 Å². The molecule has 3 heterocycles. The summed E-state index contributed by atoms with van der Waals surface area (Å²) in [6.07, 6.45) is 4.38. The molecule has 3 fully saturated rings. The topological polar surface area (TPSA) is 71.7 Å². The largest absolute Gasteiger partial charge is 0.378 e. The lowest BCUT2D eigenvalue weighted by molar-refractivity contribution is -0.141. The van der Waals surface area contributed by atoms with Gasteiger partial charge in [-0.3, -0.25) is 9.69 Å². The highest BCUT2D eigenvalue weighted by atomic mass is 16.5. The van der Waals surface area contributed by atoms with Crippen LogP contribution in [0.3, 0.4) is 0 Å².